The number of ether oxygens (including phenoxy) is 1. The number of hydrogen-bond donors (Lipinski definition) is 2. The average molecular weight is 423 g/mol. The van der Waals surface area contributed by atoms with E-state index in [4.69, 9.17) is 9.73 Å². The van der Waals surface area contributed by atoms with E-state index in [0.717, 1.165) is 77.0 Å². The molecule has 2 N–H and O–H groups in total. The first kappa shape index (κ1) is 21.5. The van der Waals surface area contributed by atoms with Crippen LogP contribution < -0.4 is 10.2 Å². The van der Waals surface area contributed by atoms with Gasteiger partial charge in [-0.2, -0.15) is 0 Å². The van der Waals surface area contributed by atoms with Gasteiger partial charge in [-0.15, -0.1) is 0 Å². The molecule has 2 heterocycles. The van der Waals surface area contributed by atoms with E-state index in [2.05, 4.69) is 52.4 Å². The molecule has 0 spiro atoms. The Hall–Kier alpha value is -2.73. The first-order chi connectivity index (χ1) is 15.2. The highest BCUT2D eigenvalue weighted by atomic mass is 16.5. The molecule has 2 aromatic carbocycles. The van der Waals surface area contributed by atoms with Gasteiger partial charge in [-0.3, -0.25) is 4.99 Å². The number of phenols is 1. The molecule has 0 saturated carbocycles. The average Bonchev–Trinajstić information content (AvgIpc) is 2.83. The van der Waals surface area contributed by atoms with Crippen molar-refractivity contribution in [3.63, 3.8) is 0 Å². The fraction of sp³-hybridized carbons (Fsp3) is 0.480. The molecule has 2 fully saturated rings. The lowest BCUT2D eigenvalue weighted by Crippen LogP contribution is -2.53. The molecule has 0 bridgehead atoms. The van der Waals surface area contributed by atoms with Crippen LogP contribution in [0.3, 0.4) is 0 Å². The molecule has 2 saturated heterocycles. The fourth-order valence-electron chi connectivity index (χ4n) is 4.63. The summed E-state index contributed by atoms with van der Waals surface area (Å²) in [5.74, 6) is 1.34. The van der Waals surface area contributed by atoms with Gasteiger partial charge in [-0.25, -0.2) is 0 Å². The van der Waals surface area contributed by atoms with E-state index in [-0.39, 0.29) is 5.41 Å². The zero-order valence-corrected chi connectivity index (χ0v) is 18.5. The molecule has 31 heavy (non-hydrogen) atoms. The minimum absolute atomic E-state index is 0.0395. The van der Waals surface area contributed by atoms with Crippen LogP contribution in [0.4, 0.5) is 5.69 Å². The van der Waals surface area contributed by atoms with E-state index in [1.807, 2.05) is 18.2 Å². The summed E-state index contributed by atoms with van der Waals surface area (Å²) in [6, 6.07) is 18.4. The second-order valence-corrected chi connectivity index (χ2v) is 8.39. The minimum atomic E-state index is 0.0395. The van der Waals surface area contributed by atoms with Gasteiger partial charge in [0.05, 0.1) is 12.2 Å². The zero-order valence-electron chi connectivity index (χ0n) is 18.5. The van der Waals surface area contributed by atoms with Crippen molar-refractivity contribution in [1.82, 2.24) is 10.2 Å². The summed E-state index contributed by atoms with van der Waals surface area (Å²) >= 11 is 0. The van der Waals surface area contributed by atoms with Gasteiger partial charge in [-0.1, -0.05) is 42.5 Å². The van der Waals surface area contributed by atoms with Crippen LogP contribution in [-0.2, 0) is 10.2 Å². The molecule has 0 aromatic heterocycles. The summed E-state index contributed by atoms with van der Waals surface area (Å²) in [5.41, 5.74) is 2.31. The molecule has 6 nitrogen and oxygen atoms in total. The van der Waals surface area contributed by atoms with Crippen LogP contribution in [0, 0.1) is 0 Å². The second kappa shape index (κ2) is 10.1. The highest BCUT2D eigenvalue weighted by Gasteiger charge is 2.34. The van der Waals surface area contributed by atoms with Crippen molar-refractivity contribution in [2.24, 2.45) is 4.99 Å². The van der Waals surface area contributed by atoms with E-state index in [0.29, 0.717) is 5.75 Å². The summed E-state index contributed by atoms with van der Waals surface area (Å²) in [4.78, 5) is 9.73. The normalized spacial score (nSPS) is 19.3. The molecule has 0 amide bonds. The summed E-state index contributed by atoms with van der Waals surface area (Å²) in [5, 5.41) is 13.7. The predicted molar refractivity (Wildman–Crippen MR) is 126 cm³/mol. The summed E-state index contributed by atoms with van der Waals surface area (Å²) < 4.78 is 5.68. The number of aliphatic imine (C=N–C) groups is 1. The monoisotopic (exact) mass is 422 g/mol. The molecule has 166 valence electrons. The van der Waals surface area contributed by atoms with Crippen molar-refractivity contribution in [1.29, 1.82) is 0 Å². The fourth-order valence-corrected chi connectivity index (χ4v) is 4.63. The number of nitrogens with one attached hydrogen (secondary N) is 1. The number of rotatable bonds is 5. The first-order valence-electron chi connectivity index (χ1n) is 11.4. The number of anilines is 1. The van der Waals surface area contributed by atoms with E-state index in [9.17, 15) is 5.11 Å². The zero-order chi connectivity index (χ0) is 21.5. The molecule has 2 aliphatic rings. The molecule has 6 heteroatoms. The number of nitrogens with zero attached hydrogens (tertiary/aromatic N) is 3. The standard InChI is InChI=1S/C25H34N4O2/c1-2-26-24(29-16-14-28(15-17-29)22-10-6-7-11-23(22)30)27-20-25(12-18-31-19-13-25)21-8-4-3-5-9-21/h3-11,30H,2,12-20H2,1H3,(H,26,27). The van der Waals surface area contributed by atoms with Crippen molar-refractivity contribution in [2.45, 2.75) is 25.2 Å². The van der Waals surface area contributed by atoms with Crippen LogP contribution in [0.1, 0.15) is 25.3 Å². The van der Waals surface area contributed by atoms with Gasteiger partial charge in [0.15, 0.2) is 5.96 Å². The Morgan fingerprint density at radius 3 is 2.35 bits per heavy atom. The lowest BCUT2D eigenvalue weighted by molar-refractivity contribution is 0.0530. The lowest BCUT2D eigenvalue weighted by Gasteiger charge is -2.39. The molecule has 2 aliphatic heterocycles. The third kappa shape index (κ3) is 4.96. The van der Waals surface area contributed by atoms with Crippen LogP contribution in [0.5, 0.6) is 5.75 Å². The van der Waals surface area contributed by atoms with Gasteiger partial charge in [0.25, 0.3) is 0 Å². The number of guanidine groups is 1. The molecule has 0 atom stereocenters. The smallest absolute Gasteiger partial charge is 0.194 e. The Bertz CT molecular complexity index is 857. The topological polar surface area (TPSA) is 60.3 Å². The van der Waals surface area contributed by atoms with Crippen LogP contribution in [0.25, 0.3) is 0 Å². The van der Waals surface area contributed by atoms with Crippen molar-refractivity contribution in [3.8, 4) is 5.75 Å². The van der Waals surface area contributed by atoms with E-state index in [1.165, 1.54) is 5.56 Å². The van der Waals surface area contributed by atoms with E-state index >= 15 is 0 Å². The number of para-hydroxylation sites is 2. The van der Waals surface area contributed by atoms with Gasteiger partial charge < -0.3 is 25.0 Å². The van der Waals surface area contributed by atoms with E-state index in [1.54, 1.807) is 6.07 Å². The highest BCUT2D eigenvalue weighted by molar-refractivity contribution is 5.80. The number of hydrogen-bond acceptors (Lipinski definition) is 4. The highest BCUT2D eigenvalue weighted by Crippen LogP contribution is 2.35. The SMILES string of the molecule is CCNC(=NCC1(c2ccccc2)CCOCC1)N1CCN(c2ccccc2O)CC1. The number of phenolic OH excluding ortho intramolecular Hbond substituents is 1. The Labute approximate surface area is 185 Å². The maximum absolute atomic E-state index is 10.2. The van der Waals surface area contributed by atoms with Gasteiger partial charge in [-0.05, 0) is 37.5 Å². The van der Waals surface area contributed by atoms with Crippen molar-refractivity contribution < 1.29 is 9.84 Å². The molecule has 0 radical (unpaired) electrons. The Balaban J connectivity index is 1.47. The largest absolute Gasteiger partial charge is 0.506 e. The third-order valence-electron chi connectivity index (χ3n) is 6.50. The maximum atomic E-state index is 10.2. The summed E-state index contributed by atoms with van der Waals surface area (Å²) in [7, 11) is 0. The maximum Gasteiger partial charge on any atom is 0.194 e. The summed E-state index contributed by atoms with van der Waals surface area (Å²) in [6.45, 7) is 8.79. The number of piperazine rings is 1. The Kier molecular flexibility index (Phi) is 6.97. The van der Waals surface area contributed by atoms with Crippen molar-refractivity contribution in [2.75, 3.05) is 57.4 Å². The molecule has 2 aromatic rings. The van der Waals surface area contributed by atoms with Crippen molar-refractivity contribution in [3.05, 3.63) is 60.2 Å². The minimum Gasteiger partial charge on any atom is -0.506 e. The Morgan fingerprint density at radius 2 is 1.68 bits per heavy atom. The molecule has 4 rings (SSSR count). The molecular formula is C25H34N4O2. The number of aromatic hydroxyl groups is 1. The molecule has 0 aliphatic carbocycles. The number of benzene rings is 2. The van der Waals surface area contributed by atoms with E-state index < -0.39 is 0 Å². The van der Waals surface area contributed by atoms with Gasteiger partial charge >= 0.3 is 0 Å². The van der Waals surface area contributed by atoms with Crippen molar-refractivity contribution >= 4 is 11.6 Å². The van der Waals surface area contributed by atoms with Crippen LogP contribution in [0.15, 0.2) is 59.6 Å². The van der Waals surface area contributed by atoms with Gasteiger partial charge in [0, 0.05) is 51.4 Å². The van der Waals surface area contributed by atoms with Crippen LogP contribution in [-0.4, -0.2) is 68.4 Å². The molecule has 0 unspecified atom stereocenters. The third-order valence-corrected chi connectivity index (χ3v) is 6.50. The quantitative estimate of drug-likeness (QED) is 0.572. The molecular weight excluding hydrogens is 388 g/mol. The van der Waals surface area contributed by atoms with Crippen LogP contribution >= 0.6 is 0 Å². The van der Waals surface area contributed by atoms with Gasteiger partial charge in [0.1, 0.15) is 5.75 Å². The van der Waals surface area contributed by atoms with Crippen LogP contribution in [0.2, 0.25) is 0 Å². The second-order valence-electron chi connectivity index (χ2n) is 8.39. The first-order valence-corrected chi connectivity index (χ1v) is 11.4. The Morgan fingerprint density at radius 1 is 1.00 bits per heavy atom. The predicted octanol–water partition coefficient (Wildman–Crippen LogP) is 3.23. The summed E-state index contributed by atoms with van der Waals surface area (Å²) in [6.07, 6.45) is 2.00. The lowest BCUT2D eigenvalue weighted by atomic mass is 9.74. The van der Waals surface area contributed by atoms with Gasteiger partial charge in [0.2, 0.25) is 0 Å².